The Morgan fingerprint density at radius 1 is 1.31 bits per heavy atom. The molecular weight excluding hydrogens is 208 g/mol. The first-order chi connectivity index (χ1) is 7.70. The molecule has 0 radical (unpaired) electrons. The summed E-state index contributed by atoms with van der Waals surface area (Å²) in [5.74, 6) is 1.14. The van der Waals surface area contributed by atoms with Crippen LogP contribution in [-0.4, -0.2) is 43.3 Å². The Morgan fingerprint density at radius 2 is 2.00 bits per heavy atom. The van der Waals surface area contributed by atoms with Crippen LogP contribution in [0, 0.1) is 0 Å². The Labute approximate surface area is 93.6 Å². The van der Waals surface area contributed by atoms with Crippen LogP contribution in [0.15, 0.2) is 16.5 Å². The van der Waals surface area contributed by atoms with Crippen molar-refractivity contribution in [2.75, 3.05) is 31.1 Å². The number of amides is 1. The van der Waals surface area contributed by atoms with Gasteiger partial charge in [0.1, 0.15) is 0 Å². The van der Waals surface area contributed by atoms with E-state index in [0.29, 0.717) is 31.0 Å². The zero-order valence-electron chi connectivity index (χ0n) is 9.18. The maximum Gasteiger partial charge on any atom is 0.219 e. The molecule has 0 aliphatic carbocycles. The molecule has 1 fully saturated rings. The van der Waals surface area contributed by atoms with Crippen molar-refractivity contribution in [3.63, 3.8) is 0 Å². The molecule has 1 aromatic rings. The summed E-state index contributed by atoms with van der Waals surface area (Å²) in [5, 5.41) is 0. The van der Waals surface area contributed by atoms with Crippen LogP contribution in [0.2, 0.25) is 0 Å². The fourth-order valence-electron chi connectivity index (χ4n) is 1.82. The van der Waals surface area contributed by atoms with Crippen LogP contribution in [-0.2, 0) is 4.79 Å². The monoisotopic (exact) mass is 222 g/mol. The van der Waals surface area contributed by atoms with E-state index in [1.807, 2.05) is 4.90 Å². The van der Waals surface area contributed by atoms with Gasteiger partial charge < -0.3 is 14.2 Å². The number of aldehydes is 1. The quantitative estimate of drug-likeness (QED) is 0.693. The van der Waals surface area contributed by atoms with Crippen molar-refractivity contribution in [1.29, 1.82) is 0 Å². The van der Waals surface area contributed by atoms with E-state index in [9.17, 15) is 9.59 Å². The predicted octanol–water partition coefficient (Wildman–Crippen LogP) is 0.761. The SMILES string of the molecule is CC(=O)N1CCN(c2ccc(C=O)o2)CC1. The fraction of sp³-hybridized carbons (Fsp3) is 0.455. The summed E-state index contributed by atoms with van der Waals surface area (Å²) in [7, 11) is 0. The van der Waals surface area contributed by atoms with Gasteiger partial charge in [-0.05, 0) is 6.07 Å². The maximum atomic E-state index is 11.1. The molecule has 1 amide bonds. The van der Waals surface area contributed by atoms with E-state index in [-0.39, 0.29) is 5.91 Å². The molecule has 5 nitrogen and oxygen atoms in total. The standard InChI is InChI=1S/C11H14N2O3/c1-9(15)12-4-6-13(7-5-12)11-3-2-10(8-14)16-11/h2-3,8H,4-7H2,1H3. The van der Waals surface area contributed by atoms with Crippen molar-refractivity contribution in [3.8, 4) is 0 Å². The minimum absolute atomic E-state index is 0.104. The topological polar surface area (TPSA) is 53.8 Å². The summed E-state index contributed by atoms with van der Waals surface area (Å²) in [5.41, 5.74) is 0. The van der Waals surface area contributed by atoms with E-state index in [4.69, 9.17) is 4.42 Å². The highest BCUT2D eigenvalue weighted by molar-refractivity contribution is 5.73. The molecule has 0 unspecified atom stereocenters. The van der Waals surface area contributed by atoms with E-state index >= 15 is 0 Å². The molecule has 0 saturated carbocycles. The van der Waals surface area contributed by atoms with Gasteiger partial charge in [-0.25, -0.2) is 0 Å². The Bertz CT molecular complexity index is 392. The first-order valence-electron chi connectivity index (χ1n) is 5.26. The first kappa shape index (κ1) is 10.7. The van der Waals surface area contributed by atoms with Crippen LogP contribution < -0.4 is 4.90 Å². The predicted molar refractivity (Wildman–Crippen MR) is 58.6 cm³/mol. The van der Waals surface area contributed by atoms with E-state index in [1.165, 1.54) is 0 Å². The molecule has 0 bridgehead atoms. The highest BCUT2D eigenvalue weighted by Crippen LogP contribution is 2.19. The average molecular weight is 222 g/mol. The van der Waals surface area contributed by atoms with Crippen molar-refractivity contribution >= 4 is 18.1 Å². The van der Waals surface area contributed by atoms with E-state index < -0.39 is 0 Å². The molecule has 2 heterocycles. The van der Waals surface area contributed by atoms with Crippen molar-refractivity contribution < 1.29 is 14.0 Å². The molecule has 0 aromatic carbocycles. The number of piperazine rings is 1. The molecule has 1 aromatic heterocycles. The van der Waals surface area contributed by atoms with Crippen molar-refractivity contribution in [2.24, 2.45) is 0 Å². The molecule has 5 heteroatoms. The van der Waals surface area contributed by atoms with Gasteiger partial charge in [-0.2, -0.15) is 0 Å². The number of carbonyl (C=O) groups is 2. The number of nitrogens with zero attached hydrogens (tertiary/aromatic N) is 2. The Balaban J connectivity index is 1.98. The van der Waals surface area contributed by atoms with Gasteiger partial charge in [-0.3, -0.25) is 9.59 Å². The molecular formula is C11H14N2O3. The van der Waals surface area contributed by atoms with Crippen molar-refractivity contribution in [2.45, 2.75) is 6.92 Å². The van der Waals surface area contributed by atoms with Gasteiger partial charge in [0.05, 0.1) is 0 Å². The molecule has 2 rings (SSSR count). The second-order valence-electron chi connectivity index (χ2n) is 3.79. The first-order valence-corrected chi connectivity index (χ1v) is 5.26. The largest absolute Gasteiger partial charge is 0.438 e. The summed E-state index contributed by atoms with van der Waals surface area (Å²) >= 11 is 0. The van der Waals surface area contributed by atoms with Crippen molar-refractivity contribution in [1.82, 2.24) is 4.90 Å². The molecule has 86 valence electrons. The lowest BCUT2D eigenvalue weighted by Crippen LogP contribution is -2.48. The lowest BCUT2D eigenvalue weighted by atomic mass is 10.3. The molecule has 0 N–H and O–H groups in total. The van der Waals surface area contributed by atoms with Gasteiger partial charge in [0, 0.05) is 39.2 Å². The number of hydrogen-bond acceptors (Lipinski definition) is 4. The van der Waals surface area contributed by atoms with Gasteiger partial charge in [-0.1, -0.05) is 0 Å². The maximum absolute atomic E-state index is 11.1. The summed E-state index contributed by atoms with van der Waals surface area (Å²) < 4.78 is 5.32. The minimum Gasteiger partial charge on any atom is -0.438 e. The third-order valence-electron chi connectivity index (χ3n) is 2.77. The summed E-state index contributed by atoms with van der Waals surface area (Å²) in [4.78, 5) is 25.4. The summed E-state index contributed by atoms with van der Waals surface area (Å²) in [6, 6.07) is 3.44. The van der Waals surface area contributed by atoms with Crippen LogP contribution in [0.4, 0.5) is 5.88 Å². The molecule has 1 saturated heterocycles. The second-order valence-corrected chi connectivity index (χ2v) is 3.79. The van der Waals surface area contributed by atoms with Gasteiger partial charge in [0.2, 0.25) is 5.91 Å². The third-order valence-corrected chi connectivity index (χ3v) is 2.77. The third kappa shape index (κ3) is 2.08. The van der Waals surface area contributed by atoms with Crippen LogP contribution in [0.5, 0.6) is 0 Å². The Kier molecular flexibility index (Phi) is 2.94. The van der Waals surface area contributed by atoms with E-state index in [1.54, 1.807) is 24.0 Å². The van der Waals surface area contributed by atoms with Crippen molar-refractivity contribution in [3.05, 3.63) is 17.9 Å². The molecule has 0 atom stereocenters. The van der Waals surface area contributed by atoms with Crippen LogP contribution >= 0.6 is 0 Å². The Morgan fingerprint density at radius 3 is 2.50 bits per heavy atom. The highest BCUT2D eigenvalue weighted by Gasteiger charge is 2.20. The second kappa shape index (κ2) is 4.38. The number of rotatable bonds is 2. The smallest absolute Gasteiger partial charge is 0.219 e. The minimum atomic E-state index is 0.104. The van der Waals surface area contributed by atoms with Gasteiger partial charge >= 0.3 is 0 Å². The van der Waals surface area contributed by atoms with Gasteiger partial charge in [0.15, 0.2) is 17.9 Å². The van der Waals surface area contributed by atoms with Crippen LogP contribution in [0.1, 0.15) is 17.5 Å². The van der Waals surface area contributed by atoms with Crippen LogP contribution in [0.3, 0.4) is 0 Å². The summed E-state index contributed by atoms with van der Waals surface area (Å²) in [6.07, 6.45) is 0.690. The summed E-state index contributed by atoms with van der Waals surface area (Å²) in [6.45, 7) is 4.46. The van der Waals surface area contributed by atoms with Gasteiger partial charge in [-0.15, -0.1) is 0 Å². The number of anilines is 1. The number of furan rings is 1. The Hall–Kier alpha value is -1.78. The molecule has 1 aliphatic heterocycles. The number of hydrogen-bond donors (Lipinski definition) is 0. The number of carbonyl (C=O) groups excluding carboxylic acids is 2. The van der Waals surface area contributed by atoms with Crippen LogP contribution in [0.25, 0.3) is 0 Å². The highest BCUT2D eigenvalue weighted by atomic mass is 16.4. The fourth-order valence-corrected chi connectivity index (χ4v) is 1.82. The lowest BCUT2D eigenvalue weighted by Gasteiger charge is -2.33. The van der Waals surface area contributed by atoms with Gasteiger partial charge in [0.25, 0.3) is 0 Å². The molecule has 0 spiro atoms. The van der Waals surface area contributed by atoms with E-state index in [0.717, 1.165) is 13.1 Å². The molecule has 16 heavy (non-hydrogen) atoms. The zero-order valence-corrected chi connectivity index (χ0v) is 9.18. The lowest BCUT2D eigenvalue weighted by molar-refractivity contribution is -0.129. The zero-order chi connectivity index (χ0) is 11.5. The normalized spacial score (nSPS) is 16.3. The molecule has 1 aliphatic rings. The van der Waals surface area contributed by atoms with E-state index in [2.05, 4.69) is 0 Å². The average Bonchev–Trinajstić information content (AvgIpc) is 2.77.